The summed E-state index contributed by atoms with van der Waals surface area (Å²) in [5.41, 5.74) is 0. The molecule has 0 rings (SSSR count). The van der Waals surface area contributed by atoms with Gasteiger partial charge < -0.3 is 0 Å². The number of hydrogen-bond acceptors (Lipinski definition) is 0. The molecule has 0 amide bonds. The minimum absolute atomic E-state index is 0.247. The maximum Gasteiger partial charge on any atom is 0.106 e. The van der Waals surface area contributed by atoms with Crippen LogP contribution in [0.25, 0.3) is 0 Å². The van der Waals surface area contributed by atoms with Crippen LogP contribution in [0.4, 0.5) is 0 Å². The van der Waals surface area contributed by atoms with Gasteiger partial charge >= 0.3 is 0 Å². The lowest BCUT2D eigenvalue weighted by molar-refractivity contribution is 0.105. The van der Waals surface area contributed by atoms with Crippen LogP contribution in [-0.2, 0) is 5.11 Å². The molecule has 0 fully saturated rings. The van der Waals surface area contributed by atoms with Crippen LogP contribution in [0.15, 0.2) is 0 Å². The number of rotatable bonds is 2. The Bertz CT molecular complexity index is 26.7. The van der Waals surface area contributed by atoms with Crippen molar-refractivity contribution in [3.63, 3.8) is 0 Å². The predicted octanol–water partition coefficient (Wildman–Crippen LogP) is 1.43. The Kier molecular flexibility index (Phi) is 3.58. The molecule has 6 heavy (non-hydrogen) atoms. The van der Waals surface area contributed by atoms with Gasteiger partial charge in [0.15, 0.2) is 0 Å². The number of alkyl halides is 1. The summed E-state index contributed by atoms with van der Waals surface area (Å²) >= 11 is 5.14. The molecule has 0 spiro atoms. The van der Waals surface area contributed by atoms with Crippen LogP contribution in [-0.4, -0.2) is 12.0 Å². The van der Waals surface area contributed by atoms with Gasteiger partial charge in [-0.15, -0.1) is 11.6 Å². The van der Waals surface area contributed by atoms with Gasteiger partial charge in [-0.3, -0.25) is 0 Å². The zero-order valence-electron chi connectivity index (χ0n) is 3.78. The molecular weight excluding hydrogens is 99.5 g/mol. The Morgan fingerprint density at radius 2 is 2.33 bits per heavy atom. The first-order valence-corrected chi connectivity index (χ1v) is 2.56. The fraction of sp³-hybridized carbons (Fsp3) is 1.00. The molecule has 1 radical (unpaired) electrons. The van der Waals surface area contributed by atoms with Crippen LogP contribution in [0.5, 0.6) is 0 Å². The molecule has 0 aromatic carbocycles. The van der Waals surface area contributed by atoms with Crippen LogP contribution < -0.4 is 0 Å². The third-order valence-electron chi connectivity index (χ3n) is 0.627. The lowest BCUT2D eigenvalue weighted by Crippen LogP contribution is -2.01. The summed E-state index contributed by atoms with van der Waals surface area (Å²) in [5, 5.41) is 10.1. The Hall–Kier alpha value is 0.250. The van der Waals surface area contributed by atoms with E-state index in [1.165, 1.54) is 0 Å². The Morgan fingerprint density at radius 3 is 2.33 bits per heavy atom. The number of halogens is 1. The molecule has 0 saturated heterocycles. The van der Waals surface area contributed by atoms with Gasteiger partial charge in [0.1, 0.15) is 6.10 Å². The summed E-state index contributed by atoms with van der Waals surface area (Å²) in [6.07, 6.45) is 0.0930. The van der Waals surface area contributed by atoms with Gasteiger partial charge in [-0.05, 0) is 6.42 Å². The largest absolute Gasteiger partial charge is 0.232 e. The summed E-state index contributed by atoms with van der Waals surface area (Å²) in [6, 6.07) is 0. The van der Waals surface area contributed by atoms with Crippen LogP contribution in [0.1, 0.15) is 13.3 Å². The second-order valence-electron chi connectivity index (χ2n) is 1.18. The van der Waals surface area contributed by atoms with Crippen LogP contribution >= 0.6 is 11.6 Å². The zero-order chi connectivity index (χ0) is 4.99. The standard InChI is InChI=1S/C4H8ClO/c1-2-4(6)3-5/h4H,2-3H2,1H3. The monoisotopic (exact) mass is 107 g/mol. The minimum atomic E-state index is -0.549. The van der Waals surface area contributed by atoms with E-state index in [1.54, 1.807) is 0 Å². The van der Waals surface area contributed by atoms with Crippen molar-refractivity contribution in [1.29, 1.82) is 0 Å². The first kappa shape index (κ1) is 6.25. The minimum Gasteiger partial charge on any atom is -0.232 e. The topological polar surface area (TPSA) is 19.9 Å². The molecule has 0 bridgehead atoms. The van der Waals surface area contributed by atoms with Gasteiger partial charge in [0.05, 0.1) is 5.88 Å². The Labute approximate surface area is 42.9 Å². The van der Waals surface area contributed by atoms with Gasteiger partial charge in [-0.25, -0.2) is 5.11 Å². The Balaban J connectivity index is 2.75. The van der Waals surface area contributed by atoms with E-state index in [9.17, 15) is 5.11 Å². The molecule has 0 aliphatic carbocycles. The lowest BCUT2D eigenvalue weighted by atomic mass is 10.3. The maximum absolute atomic E-state index is 10.1. The van der Waals surface area contributed by atoms with Crippen molar-refractivity contribution < 1.29 is 5.11 Å². The van der Waals surface area contributed by atoms with Gasteiger partial charge in [-0.1, -0.05) is 6.92 Å². The van der Waals surface area contributed by atoms with Gasteiger partial charge in [0.25, 0.3) is 0 Å². The third kappa shape index (κ3) is 2.49. The summed E-state index contributed by atoms with van der Waals surface area (Å²) in [5.74, 6) is 0.247. The van der Waals surface area contributed by atoms with E-state index in [0.29, 0.717) is 6.42 Å². The fourth-order valence-electron chi connectivity index (χ4n) is 0.109. The first-order valence-electron chi connectivity index (χ1n) is 2.03. The molecule has 1 unspecified atom stereocenters. The summed E-state index contributed by atoms with van der Waals surface area (Å²) in [6.45, 7) is 1.83. The molecule has 0 aromatic heterocycles. The average Bonchev–Trinajstić information content (AvgIpc) is 1.65. The van der Waals surface area contributed by atoms with E-state index in [1.807, 2.05) is 6.92 Å². The fourth-order valence-corrected chi connectivity index (χ4v) is 0.327. The Morgan fingerprint density at radius 1 is 1.83 bits per heavy atom. The smallest absolute Gasteiger partial charge is 0.106 e. The third-order valence-corrected chi connectivity index (χ3v) is 0.972. The van der Waals surface area contributed by atoms with Crippen molar-refractivity contribution >= 4 is 11.6 Å². The molecule has 0 saturated carbocycles. The van der Waals surface area contributed by atoms with Crippen molar-refractivity contribution in [2.45, 2.75) is 19.4 Å². The molecule has 1 atom stereocenters. The number of hydrogen-bond donors (Lipinski definition) is 0. The molecule has 0 N–H and O–H groups in total. The highest BCUT2D eigenvalue weighted by molar-refractivity contribution is 6.18. The summed E-state index contributed by atoms with van der Waals surface area (Å²) in [4.78, 5) is 0. The van der Waals surface area contributed by atoms with Crippen molar-refractivity contribution in [1.82, 2.24) is 0 Å². The molecule has 0 aliphatic heterocycles. The lowest BCUT2D eigenvalue weighted by Gasteiger charge is -1.92. The highest BCUT2D eigenvalue weighted by Gasteiger charge is 1.95. The van der Waals surface area contributed by atoms with E-state index < -0.39 is 6.10 Å². The first-order chi connectivity index (χ1) is 2.81. The molecule has 37 valence electrons. The van der Waals surface area contributed by atoms with Gasteiger partial charge in [0, 0.05) is 0 Å². The van der Waals surface area contributed by atoms with Crippen molar-refractivity contribution in [2.24, 2.45) is 0 Å². The molecular formula is C4H8ClO. The average molecular weight is 108 g/mol. The second kappa shape index (κ2) is 3.44. The normalized spacial score (nSPS) is 14.5. The SMILES string of the molecule is CCC([O])CCl. The highest BCUT2D eigenvalue weighted by atomic mass is 35.5. The molecule has 0 aliphatic rings. The molecule has 0 heterocycles. The molecule has 2 heteroatoms. The van der Waals surface area contributed by atoms with E-state index in [4.69, 9.17) is 11.6 Å². The summed E-state index contributed by atoms with van der Waals surface area (Å²) in [7, 11) is 0. The van der Waals surface area contributed by atoms with Gasteiger partial charge in [-0.2, -0.15) is 0 Å². The molecule has 0 aromatic rings. The van der Waals surface area contributed by atoms with E-state index in [-0.39, 0.29) is 5.88 Å². The van der Waals surface area contributed by atoms with Crippen molar-refractivity contribution in [3.05, 3.63) is 0 Å². The van der Waals surface area contributed by atoms with Crippen molar-refractivity contribution in [3.8, 4) is 0 Å². The summed E-state index contributed by atoms with van der Waals surface area (Å²) < 4.78 is 0. The predicted molar refractivity (Wildman–Crippen MR) is 25.5 cm³/mol. The van der Waals surface area contributed by atoms with E-state index >= 15 is 0 Å². The van der Waals surface area contributed by atoms with Crippen LogP contribution in [0.2, 0.25) is 0 Å². The molecule has 1 nitrogen and oxygen atoms in total. The second-order valence-corrected chi connectivity index (χ2v) is 1.49. The quantitative estimate of drug-likeness (QED) is 0.476. The van der Waals surface area contributed by atoms with Crippen molar-refractivity contribution in [2.75, 3.05) is 5.88 Å². The van der Waals surface area contributed by atoms with Gasteiger partial charge in [0.2, 0.25) is 0 Å². The van der Waals surface area contributed by atoms with Crippen LogP contribution in [0.3, 0.4) is 0 Å². The van der Waals surface area contributed by atoms with E-state index in [0.717, 1.165) is 0 Å². The van der Waals surface area contributed by atoms with Crippen LogP contribution in [0, 0.1) is 0 Å². The maximum atomic E-state index is 10.1. The van der Waals surface area contributed by atoms with E-state index in [2.05, 4.69) is 0 Å². The highest BCUT2D eigenvalue weighted by Crippen LogP contribution is 1.91. The zero-order valence-corrected chi connectivity index (χ0v) is 4.53.